The largest absolute Gasteiger partial charge is 0.294 e. The third kappa shape index (κ3) is 5.30. The van der Waals surface area contributed by atoms with Gasteiger partial charge in [0.15, 0.2) is 0 Å². The minimum absolute atomic E-state index is 0.0899. The average molecular weight is 604 g/mol. The highest BCUT2D eigenvalue weighted by Gasteiger charge is 2.25. The van der Waals surface area contributed by atoms with Gasteiger partial charge in [0.25, 0.3) is 5.56 Å². The summed E-state index contributed by atoms with van der Waals surface area (Å²) in [6.45, 7) is 8.49. The minimum atomic E-state index is -0.241. The van der Waals surface area contributed by atoms with E-state index < -0.39 is 0 Å². The molecule has 1 atom stereocenters. The number of fused-ring (bicyclic) bond motifs is 1. The topological polar surface area (TPSA) is 25.2 Å². The van der Waals surface area contributed by atoms with Gasteiger partial charge in [0.2, 0.25) is 0 Å². The standard InChI is InChI=1S/C30H27Cl4N2OP/c1-30(2,3)35-10-8-17(9-11-35)18-12-23(21-5-4-20(38)16-24(21)32)22-6-7-28(37)36(27(22)13-18)29-25(33)14-19(31)15-26(29)34/h4-8,12-16H,9-11,38H2,1-3H3. The Morgan fingerprint density at radius 2 is 1.55 bits per heavy atom. The van der Waals surface area contributed by atoms with Crippen LogP contribution in [0, 0.1) is 0 Å². The zero-order valence-electron chi connectivity index (χ0n) is 21.3. The van der Waals surface area contributed by atoms with E-state index in [0.29, 0.717) is 31.3 Å². The van der Waals surface area contributed by atoms with E-state index >= 15 is 0 Å². The van der Waals surface area contributed by atoms with Gasteiger partial charge >= 0.3 is 0 Å². The highest BCUT2D eigenvalue weighted by Crippen LogP contribution is 2.39. The van der Waals surface area contributed by atoms with Crippen molar-refractivity contribution >= 4 is 77.4 Å². The van der Waals surface area contributed by atoms with Crippen LogP contribution in [0.4, 0.5) is 0 Å². The second-order valence-corrected chi connectivity index (χ2v) is 12.8. The fourth-order valence-electron chi connectivity index (χ4n) is 5.02. The smallest absolute Gasteiger partial charge is 0.255 e. The maximum absolute atomic E-state index is 13.4. The summed E-state index contributed by atoms with van der Waals surface area (Å²) >= 11 is 26.2. The van der Waals surface area contributed by atoms with Crippen molar-refractivity contribution in [1.82, 2.24) is 9.47 Å². The van der Waals surface area contributed by atoms with Gasteiger partial charge in [0.1, 0.15) is 0 Å². The molecule has 196 valence electrons. The molecule has 3 nitrogen and oxygen atoms in total. The average Bonchev–Trinajstić information content (AvgIpc) is 2.84. The Bertz CT molecular complexity index is 1650. The number of benzene rings is 3. The zero-order chi connectivity index (χ0) is 27.4. The van der Waals surface area contributed by atoms with Crippen LogP contribution in [0.15, 0.2) is 65.5 Å². The summed E-state index contributed by atoms with van der Waals surface area (Å²) in [5.41, 5.74) is 5.02. The summed E-state index contributed by atoms with van der Waals surface area (Å²) in [5.74, 6) is 0. The molecule has 1 aliphatic rings. The van der Waals surface area contributed by atoms with Gasteiger partial charge in [-0.15, -0.1) is 9.24 Å². The van der Waals surface area contributed by atoms with E-state index in [2.05, 4.69) is 53.1 Å². The fraction of sp³-hybridized carbons (Fsp3) is 0.233. The lowest BCUT2D eigenvalue weighted by Crippen LogP contribution is -2.43. The van der Waals surface area contributed by atoms with Crippen LogP contribution in [0.25, 0.3) is 33.3 Å². The van der Waals surface area contributed by atoms with Crippen LogP contribution >= 0.6 is 55.6 Å². The summed E-state index contributed by atoms with van der Waals surface area (Å²) < 4.78 is 1.58. The first-order valence-electron chi connectivity index (χ1n) is 12.3. The van der Waals surface area contributed by atoms with Crippen LogP contribution in [0.1, 0.15) is 32.8 Å². The number of halogens is 4. The molecule has 1 aromatic heterocycles. The Labute approximate surface area is 245 Å². The Morgan fingerprint density at radius 3 is 2.16 bits per heavy atom. The fourth-order valence-corrected chi connectivity index (χ4v) is 6.67. The van der Waals surface area contributed by atoms with E-state index in [1.807, 2.05) is 24.3 Å². The van der Waals surface area contributed by atoms with Crippen molar-refractivity contribution < 1.29 is 0 Å². The Morgan fingerprint density at radius 1 is 0.842 bits per heavy atom. The summed E-state index contributed by atoms with van der Waals surface area (Å²) in [4.78, 5) is 15.8. The van der Waals surface area contributed by atoms with Gasteiger partial charge in [-0.1, -0.05) is 64.6 Å². The van der Waals surface area contributed by atoms with Gasteiger partial charge in [-0.25, -0.2) is 0 Å². The van der Waals surface area contributed by atoms with Crippen molar-refractivity contribution in [3.8, 4) is 16.8 Å². The molecule has 0 N–H and O–H groups in total. The molecule has 4 aromatic rings. The maximum atomic E-state index is 13.4. The molecular weight excluding hydrogens is 577 g/mol. The van der Waals surface area contributed by atoms with E-state index in [1.54, 1.807) is 16.7 Å². The molecule has 0 saturated carbocycles. The lowest BCUT2D eigenvalue weighted by Gasteiger charge is -2.37. The van der Waals surface area contributed by atoms with E-state index in [4.69, 9.17) is 46.4 Å². The predicted molar refractivity (Wildman–Crippen MR) is 168 cm³/mol. The molecule has 0 radical (unpaired) electrons. The third-order valence-corrected chi connectivity index (χ3v) is 8.50. The van der Waals surface area contributed by atoms with Crippen molar-refractivity contribution in [1.29, 1.82) is 0 Å². The first-order chi connectivity index (χ1) is 17.9. The van der Waals surface area contributed by atoms with Crippen LogP contribution in [-0.4, -0.2) is 28.1 Å². The molecule has 2 heterocycles. The van der Waals surface area contributed by atoms with Crippen molar-refractivity contribution in [3.63, 3.8) is 0 Å². The highest BCUT2D eigenvalue weighted by atomic mass is 35.5. The number of aromatic nitrogens is 1. The molecule has 0 fully saturated rings. The number of rotatable bonds is 3. The minimum Gasteiger partial charge on any atom is -0.294 e. The van der Waals surface area contributed by atoms with Gasteiger partial charge in [0, 0.05) is 45.7 Å². The first-order valence-corrected chi connectivity index (χ1v) is 14.4. The molecule has 8 heteroatoms. The van der Waals surface area contributed by atoms with Crippen LogP contribution in [0.3, 0.4) is 0 Å². The van der Waals surface area contributed by atoms with Crippen molar-refractivity contribution in [2.24, 2.45) is 0 Å². The van der Waals surface area contributed by atoms with Crippen molar-refractivity contribution in [2.45, 2.75) is 32.7 Å². The van der Waals surface area contributed by atoms with Gasteiger partial charge in [-0.05, 0) is 85.6 Å². The molecule has 38 heavy (non-hydrogen) atoms. The predicted octanol–water partition coefficient (Wildman–Crippen LogP) is 8.66. The molecule has 3 aromatic carbocycles. The van der Waals surface area contributed by atoms with Gasteiger partial charge in [-0.2, -0.15) is 0 Å². The SMILES string of the molecule is CC(C)(C)N1CC=C(c2cc(-c3ccc(P)cc3Cl)c3ccc(=O)n(-c4c(Cl)cc(Cl)cc4Cl)c3c2)CC1. The van der Waals surface area contributed by atoms with Gasteiger partial charge in [-0.3, -0.25) is 14.3 Å². The summed E-state index contributed by atoms with van der Waals surface area (Å²) in [6.07, 6.45) is 3.17. The van der Waals surface area contributed by atoms with E-state index in [0.717, 1.165) is 46.9 Å². The van der Waals surface area contributed by atoms with Gasteiger partial charge < -0.3 is 0 Å². The quantitative estimate of drug-likeness (QED) is 0.219. The van der Waals surface area contributed by atoms with Crippen LogP contribution in [0.5, 0.6) is 0 Å². The molecule has 0 saturated heterocycles. The number of hydrogen-bond donors (Lipinski definition) is 0. The molecule has 5 rings (SSSR count). The number of hydrogen-bond acceptors (Lipinski definition) is 2. The molecular formula is C30H27Cl4N2OP. The van der Waals surface area contributed by atoms with Crippen molar-refractivity contribution in [3.05, 3.63) is 96.7 Å². The van der Waals surface area contributed by atoms with Crippen LogP contribution in [-0.2, 0) is 0 Å². The van der Waals surface area contributed by atoms with E-state index in [9.17, 15) is 4.79 Å². The molecule has 0 spiro atoms. The Kier molecular flexibility index (Phi) is 7.74. The lowest BCUT2D eigenvalue weighted by molar-refractivity contribution is 0.153. The van der Waals surface area contributed by atoms with Gasteiger partial charge in [0.05, 0.1) is 21.2 Å². The first kappa shape index (κ1) is 27.7. The molecule has 0 bridgehead atoms. The highest BCUT2D eigenvalue weighted by molar-refractivity contribution is 7.27. The van der Waals surface area contributed by atoms with Crippen LogP contribution < -0.4 is 10.9 Å². The zero-order valence-corrected chi connectivity index (χ0v) is 25.5. The normalized spacial score (nSPS) is 14.7. The second kappa shape index (κ2) is 10.6. The Hall–Kier alpha value is -1.84. The summed E-state index contributed by atoms with van der Waals surface area (Å²) in [5, 5.41) is 3.49. The lowest BCUT2D eigenvalue weighted by atomic mass is 9.91. The second-order valence-electron chi connectivity index (χ2n) is 10.5. The summed E-state index contributed by atoms with van der Waals surface area (Å²) in [6, 6.07) is 16.7. The summed E-state index contributed by atoms with van der Waals surface area (Å²) in [7, 11) is 2.68. The number of nitrogens with zero attached hydrogens (tertiary/aromatic N) is 2. The maximum Gasteiger partial charge on any atom is 0.255 e. The van der Waals surface area contributed by atoms with E-state index in [1.165, 1.54) is 11.6 Å². The molecule has 0 aliphatic carbocycles. The van der Waals surface area contributed by atoms with E-state index in [-0.39, 0.29) is 11.1 Å². The number of pyridine rings is 1. The Balaban J connectivity index is 1.83. The monoisotopic (exact) mass is 602 g/mol. The third-order valence-electron chi connectivity index (χ3n) is 7.03. The van der Waals surface area contributed by atoms with Crippen LogP contribution in [0.2, 0.25) is 20.1 Å². The molecule has 1 unspecified atom stereocenters. The molecule has 0 amide bonds. The van der Waals surface area contributed by atoms with Crippen molar-refractivity contribution in [2.75, 3.05) is 13.1 Å². The molecule has 1 aliphatic heterocycles.